The van der Waals surface area contributed by atoms with Crippen LogP contribution in [-0.4, -0.2) is 27.3 Å². The molecule has 2 aromatic rings. The molecule has 0 saturated carbocycles. The maximum Gasteiger partial charge on any atom is 0.179 e. The average molecular weight is 295 g/mol. The third-order valence-electron chi connectivity index (χ3n) is 2.82. The lowest BCUT2D eigenvalue weighted by molar-refractivity contribution is 0.591. The summed E-state index contributed by atoms with van der Waals surface area (Å²) in [5.74, 6) is 0.140. The number of rotatable bonds is 7. The Balaban J connectivity index is 1.73. The Hall–Kier alpha value is -1.17. The second kappa shape index (κ2) is 6.84. The molecule has 0 spiro atoms. The van der Waals surface area contributed by atoms with Crippen LogP contribution >= 0.6 is 11.3 Å². The number of nitrogens with one attached hydrogen (secondary N) is 1. The number of hydrogen-bond acceptors (Lipinski definition) is 4. The molecule has 2 rings (SSSR count). The molecule has 0 radical (unpaired) electrons. The van der Waals surface area contributed by atoms with Crippen molar-refractivity contribution in [3.05, 3.63) is 52.7 Å². The van der Waals surface area contributed by atoms with E-state index in [4.69, 9.17) is 0 Å². The predicted octanol–water partition coefficient (Wildman–Crippen LogP) is 2.35. The summed E-state index contributed by atoms with van der Waals surface area (Å²) < 4.78 is 24.0. The Labute approximate surface area is 118 Å². The lowest BCUT2D eigenvalue weighted by Gasteiger charge is -2.05. The van der Waals surface area contributed by atoms with Crippen molar-refractivity contribution in [1.29, 1.82) is 0 Å². The van der Waals surface area contributed by atoms with Crippen LogP contribution in [0.4, 0.5) is 0 Å². The summed E-state index contributed by atoms with van der Waals surface area (Å²) in [7, 11) is -3.15. The zero-order chi connectivity index (χ0) is 13.6. The molecule has 1 N–H and O–H groups in total. The molecule has 0 unspecified atom stereocenters. The molecule has 5 heteroatoms. The minimum Gasteiger partial charge on any atom is -0.315 e. The zero-order valence-electron chi connectivity index (χ0n) is 10.6. The van der Waals surface area contributed by atoms with Gasteiger partial charge in [0.25, 0.3) is 0 Å². The highest BCUT2D eigenvalue weighted by molar-refractivity contribution is 7.91. The van der Waals surface area contributed by atoms with Gasteiger partial charge in [-0.3, -0.25) is 0 Å². The molecule has 102 valence electrons. The van der Waals surface area contributed by atoms with Crippen molar-refractivity contribution in [3.8, 4) is 0 Å². The van der Waals surface area contributed by atoms with Gasteiger partial charge in [0.1, 0.15) is 0 Å². The summed E-state index contributed by atoms with van der Waals surface area (Å²) in [4.78, 5) is 0.398. The quantitative estimate of drug-likeness (QED) is 0.798. The van der Waals surface area contributed by atoms with Crippen molar-refractivity contribution in [3.63, 3.8) is 0 Å². The number of thiophene rings is 1. The van der Waals surface area contributed by atoms with Crippen LogP contribution < -0.4 is 5.32 Å². The first-order valence-electron chi connectivity index (χ1n) is 6.18. The smallest absolute Gasteiger partial charge is 0.179 e. The van der Waals surface area contributed by atoms with Crippen LogP contribution in [0.1, 0.15) is 5.56 Å². The van der Waals surface area contributed by atoms with Crippen molar-refractivity contribution in [2.24, 2.45) is 0 Å². The molecule has 1 aromatic heterocycles. The summed E-state index contributed by atoms with van der Waals surface area (Å²) in [6.07, 6.45) is 0.939. The van der Waals surface area contributed by atoms with Gasteiger partial charge in [-0.25, -0.2) is 8.42 Å². The molecule has 3 nitrogen and oxygen atoms in total. The van der Waals surface area contributed by atoms with Gasteiger partial charge in [-0.15, -0.1) is 0 Å². The monoisotopic (exact) mass is 295 g/mol. The van der Waals surface area contributed by atoms with Gasteiger partial charge in [-0.1, -0.05) is 18.2 Å². The minimum absolute atomic E-state index is 0.140. The van der Waals surface area contributed by atoms with Gasteiger partial charge in [0.05, 0.1) is 10.6 Å². The Morgan fingerprint density at radius 3 is 2.53 bits per heavy atom. The first kappa shape index (κ1) is 14.2. The van der Waals surface area contributed by atoms with Crippen molar-refractivity contribution in [1.82, 2.24) is 5.32 Å². The largest absolute Gasteiger partial charge is 0.315 e. The predicted molar refractivity (Wildman–Crippen MR) is 79.4 cm³/mol. The fourth-order valence-corrected chi connectivity index (χ4v) is 3.67. The van der Waals surface area contributed by atoms with E-state index >= 15 is 0 Å². The van der Waals surface area contributed by atoms with Crippen LogP contribution in [0.5, 0.6) is 0 Å². The van der Waals surface area contributed by atoms with E-state index in [-0.39, 0.29) is 5.75 Å². The van der Waals surface area contributed by atoms with Crippen LogP contribution in [0.15, 0.2) is 52.1 Å². The average Bonchev–Trinajstić information content (AvgIpc) is 2.92. The first-order valence-corrected chi connectivity index (χ1v) is 8.77. The molecule has 1 heterocycles. The molecule has 0 amide bonds. The molecule has 0 saturated heterocycles. The van der Waals surface area contributed by atoms with E-state index in [2.05, 4.69) is 22.1 Å². The molecule has 0 fully saturated rings. The summed E-state index contributed by atoms with van der Waals surface area (Å²) in [6, 6.07) is 10.7. The van der Waals surface area contributed by atoms with Crippen LogP contribution in [0, 0.1) is 0 Å². The summed E-state index contributed by atoms with van der Waals surface area (Å²) in [5, 5.41) is 7.34. The van der Waals surface area contributed by atoms with Gasteiger partial charge in [0.15, 0.2) is 9.84 Å². The molecule has 19 heavy (non-hydrogen) atoms. The number of benzene rings is 1. The fourth-order valence-electron chi connectivity index (χ4n) is 1.74. The zero-order valence-corrected chi connectivity index (χ0v) is 12.2. The van der Waals surface area contributed by atoms with Gasteiger partial charge in [0.2, 0.25) is 0 Å². The second-order valence-electron chi connectivity index (χ2n) is 4.26. The van der Waals surface area contributed by atoms with E-state index in [0.29, 0.717) is 11.4 Å². The number of hydrogen-bond donors (Lipinski definition) is 1. The Kier molecular flexibility index (Phi) is 5.13. The minimum atomic E-state index is -3.15. The SMILES string of the molecule is O=S(=O)(CCNCCc1ccsc1)c1ccccc1. The van der Waals surface area contributed by atoms with Gasteiger partial charge >= 0.3 is 0 Å². The van der Waals surface area contributed by atoms with Gasteiger partial charge in [0, 0.05) is 6.54 Å². The molecule has 0 aliphatic carbocycles. The summed E-state index contributed by atoms with van der Waals surface area (Å²) in [5.41, 5.74) is 1.29. The van der Waals surface area contributed by atoms with E-state index in [0.717, 1.165) is 13.0 Å². The topological polar surface area (TPSA) is 46.2 Å². The van der Waals surface area contributed by atoms with E-state index in [1.54, 1.807) is 35.6 Å². The van der Waals surface area contributed by atoms with Gasteiger partial charge < -0.3 is 5.32 Å². The van der Waals surface area contributed by atoms with E-state index in [1.807, 2.05) is 6.07 Å². The highest BCUT2D eigenvalue weighted by Gasteiger charge is 2.12. The van der Waals surface area contributed by atoms with Crippen molar-refractivity contribution in [2.75, 3.05) is 18.8 Å². The normalized spacial score (nSPS) is 11.6. The van der Waals surface area contributed by atoms with Crippen LogP contribution in [0.3, 0.4) is 0 Å². The van der Waals surface area contributed by atoms with Crippen molar-refractivity contribution in [2.45, 2.75) is 11.3 Å². The van der Waals surface area contributed by atoms with Gasteiger partial charge in [-0.2, -0.15) is 11.3 Å². The Morgan fingerprint density at radius 1 is 1.05 bits per heavy atom. The Morgan fingerprint density at radius 2 is 1.84 bits per heavy atom. The van der Waals surface area contributed by atoms with Crippen LogP contribution in [-0.2, 0) is 16.3 Å². The van der Waals surface area contributed by atoms with Crippen LogP contribution in [0.2, 0.25) is 0 Å². The molecule has 0 bridgehead atoms. The van der Waals surface area contributed by atoms with Crippen molar-refractivity contribution < 1.29 is 8.42 Å². The maximum atomic E-state index is 12.0. The summed E-state index contributed by atoms with van der Waals surface area (Å²) in [6.45, 7) is 1.29. The van der Waals surface area contributed by atoms with Crippen molar-refractivity contribution >= 4 is 21.2 Å². The molecule has 0 aliphatic heterocycles. The molecular weight excluding hydrogens is 278 g/mol. The summed E-state index contributed by atoms with van der Waals surface area (Å²) >= 11 is 1.68. The Bertz CT molecular complexity index is 577. The van der Waals surface area contributed by atoms with E-state index in [1.165, 1.54) is 5.56 Å². The second-order valence-corrected chi connectivity index (χ2v) is 7.15. The lowest BCUT2D eigenvalue weighted by Crippen LogP contribution is -2.24. The maximum absolute atomic E-state index is 12.0. The lowest BCUT2D eigenvalue weighted by atomic mass is 10.2. The first-order chi connectivity index (χ1) is 9.18. The third-order valence-corrected chi connectivity index (χ3v) is 5.28. The van der Waals surface area contributed by atoms with Crippen LogP contribution in [0.25, 0.3) is 0 Å². The standard InChI is InChI=1S/C14H17NO2S2/c16-19(17,14-4-2-1-3-5-14)11-9-15-8-6-13-7-10-18-12-13/h1-5,7,10,12,15H,6,8-9,11H2. The molecule has 1 aromatic carbocycles. The van der Waals surface area contributed by atoms with E-state index in [9.17, 15) is 8.42 Å². The highest BCUT2D eigenvalue weighted by atomic mass is 32.2. The van der Waals surface area contributed by atoms with Gasteiger partial charge in [-0.05, 0) is 47.5 Å². The van der Waals surface area contributed by atoms with E-state index < -0.39 is 9.84 Å². The molecule has 0 atom stereocenters. The molecule has 0 aliphatic rings. The highest BCUT2D eigenvalue weighted by Crippen LogP contribution is 2.09. The molecular formula is C14H17NO2S2. The number of sulfone groups is 1. The fraction of sp³-hybridized carbons (Fsp3) is 0.286. The third kappa shape index (κ3) is 4.45.